The Morgan fingerprint density at radius 2 is 1.79 bits per heavy atom. The van der Waals surface area contributed by atoms with Crippen molar-refractivity contribution in [2.75, 3.05) is 0 Å². The third-order valence-electron chi connectivity index (χ3n) is 2.32. The van der Waals surface area contributed by atoms with Crippen LogP contribution in [0.1, 0.15) is 32.3 Å². The molecule has 0 aliphatic rings. The molecule has 0 heterocycles. The van der Waals surface area contributed by atoms with Crippen molar-refractivity contribution in [2.45, 2.75) is 26.7 Å². The molecule has 0 radical (unpaired) electrons. The van der Waals surface area contributed by atoms with E-state index in [4.69, 9.17) is 0 Å². The van der Waals surface area contributed by atoms with Crippen LogP contribution in [0.3, 0.4) is 0 Å². The van der Waals surface area contributed by atoms with Crippen molar-refractivity contribution in [3.63, 3.8) is 0 Å². The van der Waals surface area contributed by atoms with Gasteiger partial charge in [0, 0.05) is 5.92 Å². The highest BCUT2D eigenvalue weighted by atomic mass is 16.3. The van der Waals surface area contributed by atoms with E-state index < -0.39 is 0 Å². The molecular weight excluding hydrogens is 172 g/mol. The number of allylic oxidation sites excluding steroid dienone is 2. The van der Waals surface area contributed by atoms with Crippen molar-refractivity contribution < 1.29 is 5.11 Å². The standard InChI is InChI=1S/C13H18O/c1-10(2)13(9-11(3)14)12-7-5-4-6-8-12/h4-10,13-14H,1-3H3/b11-9-. The van der Waals surface area contributed by atoms with Crippen LogP contribution in [0, 0.1) is 5.92 Å². The van der Waals surface area contributed by atoms with Gasteiger partial charge in [0.15, 0.2) is 0 Å². The number of aliphatic hydroxyl groups excluding tert-OH is 1. The van der Waals surface area contributed by atoms with Gasteiger partial charge in [0.2, 0.25) is 0 Å². The molecule has 0 aromatic heterocycles. The highest BCUT2D eigenvalue weighted by Gasteiger charge is 2.12. The van der Waals surface area contributed by atoms with Crippen molar-refractivity contribution in [2.24, 2.45) is 5.92 Å². The molecular formula is C13H18O. The van der Waals surface area contributed by atoms with Gasteiger partial charge in [-0.05, 0) is 24.5 Å². The first-order valence-corrected chi connectivity index (χ1v) is 5.03. The predicted octanol–water partition coefficient (Wildman–Crippen LogP) is 3.89. The summed E-state index contributed by atoms with van der Waals surface area (Å²) in [7, 11) is 0. The molecule has 1 unspecified atom stereocenters. The number of rotatable bonds is 3. The summed E-state index contributed by atoms with van der Waals surface area (Å²) in [6.45, 7) is 6.05. The lowest BCUT2D eigenvalue weighted by atomic mass is 9.88. The molecule has 1 aromatic carbocycles. The van der Waals surface area contributed by atoms with Crippen molar-refractivity contribution in [1.29, 1.82) is 0 Å². The van der Waals surface area contributed by atoms with Gasteiger partial charge in [0.25, 0.3) is 0 Å². The zero-order valence-electron chi connectivity index (χ0n) is 9.07. The molecule has 0 spiro atoms. The lowest BCUT2D eigenvalue weighted by molar-refractivity contribution is 0.404. The van der Waals surface area contributed by atoms with E-state index in [0.717, 1.165) is 0 Å². The van der Waals surface area contributed by atoms with Crippen LogP contribution in [0.4, 0.5) is 0 Å². The van der Waals surface area contributed by atoms with Crippen LogP contribution in [0.15, 0.2) is 42.2 Å². The zero-order chi connectivity index (χ0) is 10.6. The molecule has 1 nitrogen and oxygen atoms in total. The maximum Gasteiger partial charge on any atom is 0.0858 e. The van der Waals surface area contributed by atoms with Crippen molar-refractivity contribution in [1.82, 2.24) is 0 Å². The Hall–Kier alpha value is -1.24. The number of hydrogen-bond acceptors (Lipinski definition) is 1. The van der Waals surface area contributed by atoms with Crippen molar-refractivity contribution in [3.8, 4) is 0 Å². The molecule has 1 atom stereocenters. The quantitative estimate of drug-likeness (QED) is 0.717. The normalized spacial score (nSPS) is 14.4. The smallest absolute Gasteiger partial charge is 0.0858 e. The second kappa shape index (κ2) is 4.85. The Kier molecular flexibility index (Phi) is 3.75. The Labute approximate surface area is 86.1 Å². The highest BCUT2D eigenvalue weighted by Crippen LogP contribution is 2.26. The van der Waals surface area contributed by atoms with Crippen LogP contribution < -0.4 is 0 Å². The maximum atomic E-state index is 9.29. The van der Waals surface area contributed by atoms with E-state index in [0.29, 0.717) is 17.6 Å². The molecule has 1 N–H and O–H groups in total. The molecule has 0 bridgehead atoms. The van der Waals surface area contributed by atoms with Crippen LogP contribution in [-0.2, 0) is 0 Å². The van der Waals surface area contributed by atoms with E-state index in [1.54, 1.807) is 6.92 Å². The van der Waals surface area contributed by atoms with Gasteiger partial charge in [-0.15, -0.1) is 0 Å². The van der Waals surface area contributed by atoms with Crippen molar-refractivity contribution in [3.05, 3.63) is 47.7 Å². The second-order valence-electron chi connectivity index (χ2n) is 3.99. The highest BCUT2D eigenvalue weighted by molar-refractivity contribution is 5.24. The van der Waals surface area contributed by atoms with E-state index in [-0.39, 0.29) is 0 Å². The Bertz CT molecular complexity index is 294. The van der Waals surface area contributed by atoms with E-state index in [1.165, 1.54) is 5.56 Å². The minimum atomic E-state index is 0.307. The summed E-state index contributed by atoms with van der Waals surface area (Å²) in [6.07, 6.45) is 1.92. The second-order valence-corrected chi connectivity index (χ2v) is 3.99. The molecule has 0 fully saturated rings. The lowest BCUT2D eigenvalue weighted by Crippen LogP contribution is -2.04. The SMILES string of the molecule is C/C(O)=C/C(c1ccccc1)C(C)C. The molecule has 1 aromatic rings. The zero-order valence-corrected chi connectivity index (χ0v) is 9.07. The molecule has 0 amide bonds. The monoisotopic (exact) mass is 190 g/mol. The first-order valence-electron chi connectivity index (χ1n) is 5.03. The van der Waals surface area contributed by atoms with Gasteiger partial charge in [-0.1, -0.05) is 44.2 Å². The molecule has 0 aliphatic carbocycles. The van der Waals surface area contributed by atoms with E-state index in [9.17, 15) is 5.11 Å². The number of aliphatic hydroxyl groups is 1. The summed E-state index contributed by atoms with van der Waals surface area (Å²) >= 11 is 0. The van der Waals surface area contributed by atoms with Gasteiger partial charge in [0.05, 0.1) is 5.76 Å². The van der Waals surface area contributed by atoms with Crippen LogP contribution in [0.2, 0.25) is 0 Å². The fraction of sp³-hybridized carbons (Fsp3) is 0.385. The summed E-state index contributed by atoms with van der Waals surface area (Å²) in [5.41, 5.74) is 1.26. The fourth-order valence-corrected chi connectivity index (χ4v) is 1.61. The minimum absolute atomic E-state index is 0.307. The van der Waals surface area contributed by atoms with Crippen molar-refractivity contribution >= 4 is 0 Å². The molecule has 14 heavy (non-hydrogen) atoms. The lowest BCUT2D eigenvalue weighted by Gasteiger charge is -2.17. The summed E-state index contributed by atoms with van der Waals surface area (Å²) in [4.78, 5) is 0. The average molecular weight is 190 g/mol. The van der Waals surface area contributed by atoms with Gasteiger partial charge >= 0.3 is 0 Å². The molecule has 0 saturated heterocycles. The fourth-order valence-electron chi connectivity index (χ4n) is 1.61. The Morgan fingerprint density at radius 3 is 2.21 bits per heavy atom. The van der Waals surface area contributed by atoms with E-state index in [1.807, 2.05) is 24.3 Å². The van der Waals surface area contributed by atoms with Crippen LogP contribution in [-0.4, -0.2) is 5.11 Å². The number of benzene rings is 1. The first kappa shape index (κ1) is 10.8. The Balaban J connectivity index is 2.95. The van der Waals surface area contributed by atoms with Crippen LogP contribution >= 0.6 is 0 Å². The van der Waals surface area contributed by atoms with Gasteiger partial charge in [-0.3, -0.25) is 0 Å². The third-order valence-corrected chi connectivity index (χ3v) is 2.32. The predicted molar refractivity (Wildman–Crippen MR) is 60.4 cm³/mol. The van der Waals surface area contributed by atoms with Gasteiger partial charge in [-0.2, -0.15) is 0 Å². The molecule has 1 rings (SSSR count). The molecule has 0 aliphatic heterocycles. The first-order chi connectivity index (χ1) is 6.61. The molecule has 1 heteroatoms. The molecule has 0 saturated carbocycles. The maximum absolute atomic E-state index is 9.29. The summed E-state index contributed by atoms with van der Waals surface area (Å²) in [5.74, 6) is 1.20. The van der Waals surface area contributed by atoms with Gasteiger partial charge in [0.1, 0.15) is 0 Å². The largest absolute Gasteiger partial charge is 0.513 e. The van der Waals surface area contributed by atoms with Crippen LogP contribution in [0.5, 0.6) is 0 Å². The third kappa shape index (κ3) is 2.91. The van der Waals surface area contributed by atoms with Gasteiger partial charge in [-0.25, -0.2) is 0 Å². The van der Waals surface area contributed by atoms with Crippen LogP contribution in [0.25, 0.3) is 0 Å². The van der Waals surface area contributed by atoms with Gasteiger partial charge < -0.3 is 5.11 Å². The summed E-state index contributed by atoms with van der Waals surface area (Å²) in [5, 5.41) is 9.29. The molecule has 76 valence electrons. The topological polar surface area (TPSA) is 20.2 Å². The summed E-state index contributed by atoms with van der Waals surface area (Å²) < 4.78 is 0. The van der Waals surface area contributed by atoms with E-state index >= 15 is 0 Å². The number of hydrogen-bond donors (Lipinski definition) is 1. The van der Waals surface area contributed by atoms with E-state index in [2.05, 4.69) is 26.0 Å². The summed E-state index contributed by atoms with van der Waals surface area (Å²) in [6, 6.07) is 10.3. The average Bonchev–Trinajstić information content (AvgIpc) is 2.15. The Morgan fingerprint density at radius 1 is 1.21 bits per heavy atom. The minimum Gasteiger partial charge on any atom is -0.513 e.